The normalized spacial score (nSPS) is 14.2. The molecule has 1 amide bonds. The van der Waals surface area contributed by atoms with Crippen LogP contribution in [0.25, 0.3) is 0 Å². The maximum absolute atomic E-state index is 11.4. The molecule has 0 atom stereocenters. The Morgan fingerprint density at radius 2 is 1.54 bits per heavy atom. The van der Waals surface area contributed by atoms with Gasteiger partial charge >= 0.3 is 6.09 Å². The molecule has 0 heterocycles. The molecule has 1 aromatic rings. The van der Waals surface area contributed by atoms with Crippen molar-refractivity contribution in [1.29, 1.82) is 0 Å². The van der Waals surface area contributed by atoms with Crippen LogP contribution in [0.15, 0.2) is 24.3 Å². The van der Waals surface area contributed by atoms with Gasteiger partial charge in [-0.2, -0.15) is 0 Å². The molecule has 4 heteroatoms. The quantitative estimate of drug-likeness (QED) is 0.707. The Morgan fingerprint density at radius 1 is 1.04 bits per heavy atom. The number of amides is 1. The molecule has 1 aromatic carbocycles. The minimum atomic E-state index is -0.390. The minimum absolute atomic E-state index is 0.274. The van der Waals surface area contributed by atoms with Gasteiger partial charge in [0, 0.05) is 25.8 Å². The van der Waals surface area contributed by atoms with E-state index in [0.29, 0.717) is 6.04 Å². The zero-order chi connectivity index (χ0) is 20.2. The van der Waals surface area contributed by atoms with Crippen LogP contribution in [0.5, 0.6) is 0 Å². The van der Waals surface area contributed by atoms with Crippen molar-refractivity contribution in [2.75, 3.05) is 19.0 Å². The van der Waals surface area contributed by atoms with E-state index >= 15 is 0 Å². The number of hydrogen-bond donors (Lipinski definition) is 1. The highest BCUT2D eigenvalue weighted by molar-refractivity contribution is 5.68. The summed E-state index contributed by atoms with van der Waals surface area (Å²) in [5, 5.41) is 2.91. The van der Waals surface area contributed by atoms with Crippen LogP contribution in [0.2, 0.25) is 0 Å². The Balaban J connectivity index is 0.000000458. The molecule has 0 unspecified atom stereocenters. The fourth-order valence-electron chi connectivity index (χ4n) is 2.56. The van der Waals surface area contributed by atoms with Crippen LogP contribution in [0.3, 0.4) is 0 Å². The van der Waals surface area contributed by atoms with Gasteiger partial charge in [0.05, 0.1) is 0 Å². The van der Waals surface area contributed by atoms with Crippen molar-refractivity contribution >= 4 is 11.8 Å². The standard InChI is InChI=1S/C11H21NO2.C9H13N.C2H6/c1-11(2,3)14-10(13)12-9-7-5-4-6-8-9;1-8-4-6-9(7-5-8)10(2)3;1-2/h9H,4-8H2,1-3H3,(H,12,13);4-7H,1-3H3;1-2H3. The number of alkyl carbamates (subject to hydrolysis) is 1. The lowest BCUT2D eigenvalue weighted by Crippen LogP contribution is -2.39. The number of hydrogen-bond acceptors (Lipinski definition) is 3. The summed E-state index contributed by atoms with van der Waals surface area (Å²) in [5.41, 5.74) is 2.18. The van der Waals surface area contributed by atoms with Crippen molar-refractivity contribution in [3.05, 3.63) is 29.8 Å². The van der Waals surface area contributed by atoms with Crippen LogP contribution in [0.1, 0.15) is 72.3 Å². The summed E-state index contributed by atoms with van der Waals surface area (Å²) in [6, 6.07) is 8.81. The van der Waals surface area contributed by atoms with Crippen LogP contribution in [-0.2, 0) is 4.74 Å². The number of benzene rings is 1. The summed E-state index contributed by atoms with van der Waals surface area (Å²) < 4.78 is 5.19. The van der Waals surface area contributed by atoms with Gasteiger partial charge in [0.1, 0.15) is 5.60 Å². The largest absolute Gasteiger partial charge is 0.444 e. The lowest BCUT2D eigenvalue weighted by molar-refractivity contribution is 0.0493. The van der Waals surface area contributed by atoms with E-state index in [1.54, 1.807) is 0 Å². The van der Waals surface area contributed by atoms with Crippen LogP contribution in [0.4, 0.5) is 10.5 Å². The number of rotatable bonds is 2. The summed E-state index contributed by atoms with van der Waals surface area (Å²) in [6.07, 6.45) is 5.66. The molecular weight excluding hydrogens is 324 g/mol. The highest BCUT2D eigenvalue weighted by atomic mass is 16.6. The van der Waals surface area contributed by atoms with Crippen molar-refractivity contribution in [2.45, 2.75) is 85.3 Å². The molecule has 1 aliphatic carbocycles. The number of carbonyl (C=O) groups excluding carboxylic acids is 1. The van der Waals surface area contributed by atoms with Gasteiger partial charge in [-0.05, 0) is 52.7 Å². The molecule has 0 radical (unpaired) electrons. The predicted molar refractivity (Wildman–Crippen MR) is 113 cm³/mol. The summed E-state index contributed by atoms with van der Waals surface area (Å²) in [5.74, 6) is 0. The highest BCUT2D eigenvalue weighted by Crippen LogP contribution is 2.18. The number of nitrogens with zero attached hydrogens (tertiary/aromatic N) is 1. The Bertz CT molecular complexity index is 484. The Hall–Kier alpha value is -1.71. The Labute approximate surface area is 161 Å². The van der Waals surface area contributed by atoms with Gasteiger partial charge < -0.3 is 15.0 Å². The van der Waals surface area contributed by atoms with Crippen molar-refractivity contribution in [2.24, 2.45) is 0 Å². The third-order valence-corrected chi connectivity index (χ3v) is 3.88. The van der Waals surface area contributed by atoms with Gasteiger partial charge in [-0.1, -0.05) is 50.8 Å². The smallest absolute Gasteiger partial charge is 0.407 e. The van der Waals surface area contributed by atoms with Gasteiger partial charge in [0.15, 0.2) is 0 Å². The molecule has 1 N–H and O–H groups in total. The topological polar surface area (TPSA) is 41.6 Å². The zero-order valence-electron chi connectivity index (χ0n) is 18.2. The molecule has 150 valence electrons. The molecule has 0 bridgehead atoms. The van der Waals surface area contributed by atoms with Crippen LogP contribution >= 0.6 is 0 Å². The summed E-state index contributed by atoms with van der Waals surface area (Å²) in [6.45, 7) is 11.7. The second kappa shape index (κ2) is 12.6. The second-order valence-electron chi connectivity index (χ2n) is 7.71. The first-order valence-corrected chi connectivity index (χ1v) is 9.91. The number of anilines is 1. The molecule has 0 saturated heterocycles. The Kier molecular flexibility index (Phi) is 11.8. The summed E-state index contributed by atoms with van der Waals surface area (Å²) >= 11 is 0. The number of aryl methyl sites for hydroxylation is 1. The van der Waals surface area contributed by atoms with Crippen molar-refractivity contribution in [1.82, 2.24) is 5.32 Å². The molecule has 1 fully saturated rings. The summed E-state index contributed by atoms with van der Waals surface area (Å²) in [4.78, 5) is 13.5. The molecule has 1 aliphatic rings. The molecule has 0 spiro atoms. The van der Waals surface area contributed by atoms with Gasteiger partial charge in [-0.15, -0.1) is 0 Å². The van der Waals surface area contributed by atoms with Crippen molar-refractivity contribution in [3.63, 3.8) is 0 Å². The van der Waals surface area contributed by atoms with Crippen LogP contribution in [0, 0.1) is 6.92 Å². The second-order valence-corrected chi connectivity index (χ2v) is 7.71. The third kappa shape index (κ3) is 11.8. The average Bonchev–Trinajstić information content (AvgIpc) is 2.57. The van der Waals surface area contributed by atoms with E-state index in [9.17, 15) is 4.79 Å². The number of ether oxygens (including phenoxy) is 1. The number of carbonyl (C=O) groups is 1. The van der Waals surface area contributed by atoms with Gasteiger partial charge in [0.25, 0.3) is 0 Å². The zero-order valence-corrected chi connectivity index (χ0v) is 18.2. The molecule has 4 nitrogen and oxygen atoms in total. The fraction of sp³-hybridized carbons (Fsp3) is 0.682. The fourth-order valence-corrected chi connectivity index (χ4v) is 2.56. The Morgan fingerprint density at radius 3 is 1.96 bits per heavy atom. The van der Waals surface area contributed by atoms with Crippen LogP contribution in [-0.4, -0.2) is 31.8 Å². The van der Waals surface area contributed by atoms with Gasteiger partial charge in [0.2, 0.25) is 0 Å². The van der Waals surface area contributed by atoms with E-state index in [0.717, 1.165) is 12.8 Å². The number of nitrogens with one attached hydrogen (secondary N) is 1. The maximum Gasteiger partial charge on any atom is 0.407 e. The SMILES string of the molecule is CC.CC(C)(C)OC(=O)NC1CCCCC1.Cc1ccc(N(C)C)cc1. The van der Waals surface area contributed by atoms with Crippen molar-refractivity contribution in [3.8, 4) is 0 Å². The lowest BCUT2D eigenvalue weighted by Gasteiger charge is -2.25. The van der Waals surface area contributed by atoms with E-state index in [-0.39, 0.29) is 6.09 Å². The first-order chi connectivity index (χ1) is 12.2. The first-order valence-electron chi connectivity index (χ1n) is 9.91. The van der Waals surface area contributed by atoms with E-state index in [1.807, 2.05) is 48.7 Å². The maximum atomic E-state index is 11.4. The van der Waals surface area contributed by atoms with Crippen LogP contribution < -0.4 is 10.2 Å². The molecule has 0 aliphatic heterocycles. The third-order valence-electron chi connectivity index (χ3n) is 3.88. The first kappa shape index (κ1) is 24.3. The summed E-state index contributed by atoms with van der Waals surface area (Å²) in [7, 11) is 4.09. The highest BCUT2D eigenvalue weighted by Gasteiger charge is 2.20. The monoisotopic (exact) mass is 364 g/mol. The van der Waals surface area contributed by atoms with E-state index in [1.165, 1.54) is 30.5 Å². The molecular formula is C22H40N2O2. The average molecular weight is 365 g/mol. The molecule has 26 heavy (non-hydrogen) atoms. The minimum Gasteiger partial charge on any atom is -0.444 e. The van der Waals surface area contributed by atoms with Gasteiger partial charge in [-0.25, -0.2) is 4.79 Å². The molecule has 0 aromatic heterocycles. The van der Waals surface area contributed by atoms with E-state index in [2.05, 4.69) is 41.4 Å². The molecule has 2 rings (SSSR count). The van der Waals surface area contributed by atoms with Gasteiger partial charge in [-0.3, -0.25) is 0 Å². The van der Waals surface area contributed by atoms with E-state index < -0.39 is 5.60 Å². The lowest BCUT2D eigenvalue weighted by atomic mass is 9.96. The van der Waals surface area contributed by atoms with E-state index in [4.69, 9.17) is 4.74 Å². The predicted octanol–water partition coefficient (Wildman–Crippen LogP) is 5.93. The van der Waals surface area contributed by atoms with Crippen molar-refractivity contribution < 1.29 is 9.53 Å². The molecule has 1 saturated carbocycles.